The van der Waals surface area contributed by atoms with Gasteiger partial charge in [-0.1, -0.05) is 49.4 Å². The molecule has 1 aliphatic rings. The van der Waals surface area contributed by atoms with E-state index in [1.54, 1.807) is 0 Å². The average Bonchev–Trinajstić information content (AvgIpc) is 2.85. The van der Waals surface area contributed by atoms with Crippen molar-refractivity contribution in [1.29, 1.82) is 0 Å². The van der Waals surface area contributed by atoms with Crippen LogP contribution in [0.1, 0.15) is 31.9 Å². The van der Waals surface area contributed by atoms with Gasteiger partial charge in [-0.15, -0.1) is 0 Å². The number of sulfone groups is 1. The Hall–Kier alpha value is -1.42. The zero-order valence-electron chi connectivity index (χ0n) is 14.8. The lowest BCUT2D eigenvalue weighted by Crippen LogP contribution is -2.33. The van der Waals surface area contributed by atoms with Crippen LogP contribution < -0.4 is 9.47 Å². The van der Waals surface area contributed by atoms with Crippen LogP contribution in [0.25, 0.3) is 0 Å². The zero-order chi connectivity index (χ0) is 19.0. The number of hydrogen-bond acceptors (Lipinski definition) is 5. The molecule has 25 heavy (non-hydrogen) atoms. The molecule has 6 nitrogen and oxygen atoms in total. The Labute approximate surface area is 162 Å². The summed E-state index contributed by atoms with van der Waals surface area (Å²) in [4.78, 5) is 3.51. The van der Waals surface area contributed by atoms with Crippen LogP contribution >= 0.6 is 22.6 Å². The topological polar surface area (TPSA) is 83.2 Å². The van der Waals surface area contributed by atoms with Gasteiger partial charge >= 0.3 is 5.03 Å². The van der Waals surface area contributed by atoms with Crippen molar-refractivity contribution in [2.45, 2.75) is 36.8 Å². The number of nitrogens with zero attached hydrogens (tertiary/aromatic N) is 2. The van der Waals surface area contributed by atoms with Crippen LogP contribution in [-0.4, -0.2) is 19.7 Å². The summed E-state index contributed by atoms with van der Waals surface area (Å²) in [5, 5.41) is 10.4. The molecule has 138 valence electrons. The molecular formula is C17H23IN2O4S. The van der Waals surface area contributed by atoms with Crippen LogP contribution in [-0.2, 0) is 20.9 Å². The van der Waals surface area contributed by atoms with Crippen LogP contribution in [0.3, 0.4) is 0 Å². The highest BCUT2D eigenvalue weighted by molar-refractivity contribution is 14.1. The zero-order valence-corrected chi connectivity index (χ0v) is 17.7. The normalized spacial score (nSPS) is 11.8. The van der Waals surface area contributed by atoms with Gasteiger partial charge in [0.2, 0.25) is 9.84 Å². The third-order valence-corrected chi connectivity index (χ3v) is 4.58. The van der Waals surface area contributed by atoms with Crippen molar-refractivity contribution < 1.29 is 17.9 Å². The Kier molecular flexibility index (Phi) is 8.57. The molecule has 0 radical (unpaired) electrons. The molecule has 8 heteroatoms. The molecule has 0 atom stereocenters. The van der Waals surface area contributed by atoms with Crippen LogP contribution in [0.2, 0.25) is 0 Å². The van der Waals surface area contributed by atoms with Gasteiger partial charge in [-0.25, -0.2) is 8.42 Å². The molecule has 0 N–H and O–H groups in total. The number of fused-ring (bicyclic) bond motifs is 2. The van der Waals surface area contributed by atoms with E-state index in [1.807, 2.05) is 0 Å². The van der Waals surface area contributed by atoms with E-state index in [2.05, 4.69) is 66.5 Å². The molecule has 0 amide bonds. The van der Waals surface area contributed by atoms with E-state index in [9.17, 15) is 13.6 Å². The first kappa shape index (κ1) is 21.6. The monoisotopic (exact) mass is 478 g/mol. The Morgan fingerprint density at radius 2 is 1.96 bits per heavy atom. The molecule has 0 fully saturated rings. The van der Waals surface area contributed by atoms with E-state index in [-0.39, 0.29) is 9.76 Å². The third-order valence-electron chi connectivity index (χ3n) is 2.66. The predicted octanol–water partition coefficient (Wildman–Crippen LogP) is 3.29. The largest absolute Gasteiger partial charge is 0.618 e. The fourth-order valence-electron chi connectivity index (χ4n) is 1.73. The summed E-state index contributed by atoms with van der Waals surface area (Å²) < 4.78 is 28.2. The highest BCUT2D eigenvalue weighted by Crippen LogP contribution is 2.25. The molecule has 1 aromatic heterocycles. The molecule has 0 unspecified atom stereocenters. The molecule has 0 spiro atoms. The number of hydrogen-bond donors (Lipinski definition) is 0. The van der Waals surface area contributed by atoms with E-state index in [4.69, 9.17) is 4.74 Å². The first-order valence-corrected chi connectivity index (χ1v) is 11.1. The fourth-order valence-corrected chi connectivity index (χ4v) is 2.81. The number of alkyl halides is 1. The predicted molar refractivity (Wildman–Crippen MR) is 105 cm³/mol. The Bertz CT molecular complexity index is 770. The van der Waals surface area contributed by atoms with Gasteiger partial charge in [-0.2, -0.15) is 4.73 Å². The van der Waals surface area contributed by atoms with Crippen molar-refractivity contribution in [3.05, 3.63) is 53.1 Å². The molecule has 2 aromatic rings. The number of halogens is 1. The summed E-state index contributed by atoms with van der Waals surface area (Å²) in [6.45, 7) is 7.27. The maximum Gasteiger partial charge on any atom is 0.326 e. The molecule has 1 aliphatic heterocycles. The van der Waals surface area contributed by atoms with Crippen LogP contribution in [0.4, 0.5) is 0 Å². The number of benzene rings is 1. The summed E-state index contributed by atoms with van der Waals surface area (Å²) in [7, 11) is -3.45. The van der Waals surface area contributed by atoms with E-state index in [0.29, 0.717) is 0 Å². The summed E-state index contributed by atoms with van der Waals surface area (Å²) in [5.41, 5.74) is 2.68. The Morgan fingerprint density at radius 3 is 2.40 bits per heavy atom. The van der Waals surface area contributed by atoms with Gasteiger partial charge in [0.15, 0.2) is 6.20 Å². The van der Waals surface area contributed by atoms with Gasteiger partial charge in [0, 0.05) is 10.7 Å². The van der Waals surface area contributed by atoms with Crippen molar-refractivity contribution in [2.24, 2.45) is 5.92 Å². The second kappa shape index (κ2) is 9.91. The van der Waals surface area contributed by atoms with Crippen molar-refractivity contribution in [3.8, 4) is 5.75 Å². The van der Waals surface area contributed by atoms with Gasteiger partial charge in [0.25, 0.3) is 0 Å². The maximum absolute atomic E-state index is 10.8. The summed E-state index contributed by atoms with van der Waals surface area (Å²) >= 11 is 2.36. The fraction of sp³-hybridized carbons (Fsp3) is 0.412. The Balaban J connectivity index is 0.000000208. The van der Waals surface area contributed by atoms with E-state index in [0.717, 1.165) is 41.4 Å². The van der Waals surface area contributed by atoms with E-state index < -0.39 is 9.84 Å². The molecule has 0 saturated carbocycles. The minimum atomic E-state index is -3.45. The quantitative estimate of drug-likeness (QED) is 0.286. The molecule has 0 saturated heterocycles. The van der Waals surface area contributed by atoms with Crippen LogP contribution in [0.5, 0.6) is 5.75 Å². The first-order chi connectivity index (χ1) is 11.6. The van der Waals surface area contributed by atoms with Crippen molar-refractivity contribution >= 4 is 32.4 Å². The highest BCUT2D eigenvalue weighted by atomic mass is 127. The lowest BCUT2D eigenvalue weighted by atomic mass is 10.2. The lowest BCUT2D eigenvalue weighted by molar-refractivity contribution is -0.647. The molecule has 1 aromatic carbocycles. The van der Waals surface area contributed by atoms with Crippen molar-refractivity contribution in [3.63, 3.8) is 0 Å². The Morgan fingerprint density at radius 1 is 1.32 bits per heavy atom. The summed E-state index contributed by atoms with van der Waals surface area (Å²) in [6.07, 6.45) is 4.23. The van der Waals surface area contributed by atoms with E-state index >= 15 is 0 Å². The van der Waals surface area contributed by atoms with Crippen LogP contribution in [0, 0.1) is 11.1 Å². The van der Waals surface area contributed by atoms with E-state index in [1.165, 1.54) is 17.3 Å². The number of ether oxygens (including phenoxy) is 1. The molecular weight excluding hydrogens is 455 g/mol. The molecule has 2 heterocycles. The van der Waals surface area contributed by atoms with Gasteiger partial charge < -0.3 is 9.94 Å². The van der Waals surface area contributed by atoms with Gasteiger partial charge in [0.1, 0.15) is 18.6 Å². The second-order valence-electron chi connectivity index (χ2n) is 6.15. The molecule has 2 bridgehead atoms. The minimum Gasteiger partial charge on any atom is -0.618 e. The number of aromatic nitrogens is 2. The maximum atomic E-state index is 10.8. The van der Waals surface area contributed by atoms with Crippen LogP contribution in [0.15, 0.2) is 41.8 Å². The van der Waals surface area contributed by atoms with Gasteiger partial charge in [0.05, 0.1) is 6.20 Å². The van der Waals surface area contributed by atoms with Gasteiger partial charge in [-0.3, -0.25) is 4.98 Å². The smallest absolute Gasteiger partial charge is 0.326 e. The molecule has 3 rings (SSSR count). The summed E-state index contributed by atoms with van der Waals surface area (Å²) in [5.74, 6) is 1.86. The van der Waals surface area contributed by atoms with Crippen molar-refractivity contribution in [1.82, 2.24) is 4.98 Å². The second-order valence-corrected chi connectivity index (χ2v) is 8.88. The molecule has 0 aliphatic carbocycles. The highest BCUT2D eigenvalue weighted by Gasteiger charge is 2.16. The average molecular weight is 478 g/mol. The van der Waals surface area contributed by atoms with Crippen molar-refractivity contribution in [2.75, 3.05) is 6.26 Å². The third kappa shape index (κ3) is 8.00. The standard InChI is InChI=1S/C8H7IO.C5H6N2O3S.C4H10/c9-4-6-1-7-3-8(2-6)10-5-7;1-11(9,10)5-4-6-2-3-7(5)8;1-4(2)3/h1-3H,4-5H2;2-4H,1H3;4H,1-3H3. The first-order valence-electron chi connectivity index (χ1n) is 7.68. The summed E-state index contributed by atoms with van der Waals surface area (Å²) in [6, 6.07) is 6.39. The lowest BCUT2D eigenvalue weighted by Gasteiger charge is -1.98. The van der Waals surface area contributed by atoms with Gasteiger partial charge in [-0.05, 0) is 29.2 Å². The SMILES string of the molecule is CC(C)C.CS(=O)(=O)c1cncc[n+]1[O-].ICc1cc2cc(c1)OC2. The minimum absolute atomic E-state index is 0.266. The number of rotatable bonds is 2.